The zero-order valence-corrected chi connectivity index (χ0v) is 14.3. The second-order valence-corrected chi connectivity index (χ2v) is 9.49. The molecule has 4 atom stereocenters. The maximum atomic E-state index is 12.1. The quantitative estimate of drug-likeness (QED) is 0.839. The van der Waals surface area contributed by atoms with Gasteiger partial charge in [-0.1, -0.05) is 19.9 Å². The zero-order valence-electron chi connectivity index (χ0n) is 12.7. The number of aliphatic hydroxyl groups excluding tert-OH is 1. The summed E-state index contributed by atoms with van der Waals surface area (Å²) in [6, 6.07) is 3.69. The summed E-state index contributed by atoms with van der Waals surface area (Å²) in [5.41, 5.74) is 0. The number of nitrogens with one attached hydrogen (secondary N) is 1. The third kappa shape index (κ3) is 4.77. The Morgan fingerprint density at radius 1 is 1.43 bits per heavy atom. The van der Waals surface area contributed by atoms with Gasteiger partial charge in [-0.15, -0.1) is 11.3 Å². The van der Waals surface area contributed by atoms with E-state index >= 15 is 0 Å². The summed E-state index contributed by atoms with van der Waals surface area (Å²) in [6.07, 6.45) is 2.64. The first-order valence-corrected chi connectivity index (χ1v) is 10.1. The van der Waals surface area contributed by atoms with Gasteiger partial charge in [0.1, 0.15) is 4.21 Å². The van der Waals surface area contributed by atoms with Crippen molar-refractivity contribution >= 4 is 21.2 Å². The van der Waals surface area contributed by atoms with Crippen molar-refractivity contribution < 1.29 is 13.5 Å². The lowest BCUT2D eigenvalue weighted by molar-refractivity contribution is 0.165. The van der Waals surface area contributed by atoms with E-state index in [4.69, 9.17) is 0 Å². The lowest BCUT2D eigenvalue weighted by Gasteiger charge is -2.33. The molecule has 0 saturated heterocycles. The summed E-state index contributed by atoms with van der Waals surface area (Å²) >= 11 is 1.20. The van der Waals surface area contributed by atoms with E-state index < -0.39 is 15.9 Å². The van der Waals surface area contributed by atoms with E-state index in [-0.39, 0.29) is 5.75 Å². The van der Waals surface area contributed by atoms with E-state index in [0.717, 1.165) is 12.3 Å². The largest absolute Gasteiger partial charge is 0.391 e. The van der Waals surface area contributed by atoms with Gasteiger partial charge in [0.05, 0.1) is 11.9 Å². The minimum Gasteiger partial charge on any atom is -0.391 e. The smallest absolute Gasteiger partial charge is 0.190 e. The molecule has 0 amide bonds. The second-order valence-electron chi connectivity index (χ2n) is 6.28. The first-order valence-electron chi connectivity index (χ1n) is 7.56. The van der Waals surface area contributed by atoms with Gasteiger partial charge >= 0.3 is 0 Å². The molecule has 1 aliphatic rings. The van der Waals surface area contributed by atoms with Gasteiger partial charge in [-0.2, -0.15) is 0 Å². The number of rotatable bonds is 6. The van der Waals surface area contributed by atoms with E-state index in [1.807, 2.05) is 0 Å². The lowest BCUT2D eigenvalue weighted by atomic mass is 9.80. The summed E-state index contributed by atoms with van der Waals surface area (Å²) in [7, 11) is -3.36. The second kappa shape index (κ2) is 7.22. The van der Waals surface area contributed by atoms with E-state index in [9.17, 15) is 13.5 Å². The molecule has 1 heterocycles. The van der Waals surface area contributed by atoms with E-state index in [2.05, 4.69) is 19.2 Å². The highest BCUT2D eigenvalue weighted by atomic mass is 32.2. The Morgan fingerprint density at radius 3 is 2.81 bits per heavy atom. The van der Waals surface area contributed by atoms with E-state index in [0.29, 0.717) is 22.7 Å². The molecule has 4 nitrogen and oxygen atoms in total. The van der Waals surface area contributed by atoms with Crippen LogP contribution >= 0.6 is 11.3 Å². The number of thiophene rings is 1. The SMILES string of the molecule is C[C@@H]1CC[C@H](NC[C@H](O)CS(=O)(=O)c2cccs2)[C@@H](C)C1. The monoisotopic (exact) mass is 331 g/mol. The number of hydrogen-bond donors (Lipinski definition) is 2. The summed E-state index contributed by atoms with van der Waals surface area (Å²) in [6.45, 7) is 4.84. The van der Waals surface area contributed by atoms with Crippen LogP contribution in [-0.2, 0) is 9.84 Å². The third-order valence-corrected chi connectivity index (χ3v) is 7.55. The van der Waals surface area contributed by atoms with E-state index in [1.54, 1.807) is 17.5 Å². The molecule has 120 valence electrons. The molecule has 1 aliphatic carbocycles. The fourth-order valence-electron chi connectivity index (χ4n) is 3.09. The molecule has 1 saturated carbocycles. The van der Waals surface area contributed by atoms with Crippen LogP contribution in [0.15, 0.2) is 21.7 Å². The van der Waals surface area contributed by atoms with Crippen molar-refractivity contribution in [2.75, 3.05) is 12.3 Å². The fraction of sp³-hybridized carbons (Fsp3) is 0.733. The van der Waals surface area contributed by atoms with Crippen molar-refractivity contribution in [3.05, 3.63) is 17.5 Å². The normalized spacial score (nSPS) is 28.4. The van der Waals surface area contributed by atoms with Crippen LogP contribution in [0.2, 0.25) is 0 Å². The summed E-state index contributed by atoms with van der Waals surface area (Å²) in [5.74, 6) is 1.13. The van der Waals surface area contributed by atoms with Crippen LogP contribution in [0.3, 0.4) is 0 Å². The molecule has 21 heavy (non-hydrogen) atoms. The molecule has 1 aromatic rings. The molecule has 1 aromatic heterocycles. The van der Waals surface area contributed by atoms with Crippen molar-refractivity contribution in [1.29, 1.82) is 0 Å². The Morgan fingerprint density at radius 2 is 2.19 bits per heavy atom. The van der Waals surface area contributed by atoms with Crippen molar-refractivity contribution in [2.45, 2.75) is 49.5 Å². The minimum absolute atomic E-state index is 0.210. The Bertz CT molecular complexity index is 527. The molecular weight excluding hydrogens is 306 g/mol. The van der Waals surface area contributed by atoms with Gasteiger partial charge in [0.2, 0.25) is 0 Å². The van der Waals surface area contributed by atoms with Gasteiger partial charge in [0, 0.05) is 12.6 Å². The lowest BCUT2D eigenvalue weighted by Crippen LogP contribution is -2.43. The zero-order chi connectivity index (χ0) is 15.5. The van der Waals surface area contributed by atoms with Crippen LogP contribution in [0.1, 0.15) is 33.1 Å². The van der Waals surface area contributed by atoms with Gasteiger partial charge in [-0.05, 0) is 42.5 Å². The van der Waals surface area contributed by atoms with Crippen molar-refractivity contribution in [2.24, 2.45) is 11.8 Å². The van der Waals surface area contributed by atoms with Gasteiger partial charge in [0.25, 0.3) is 0 Å². The average molecular weight is 332 g/mol. The van der Waals surface area contributed by atoms with Crippen LogP contribution in [0, 0.1) is 11.8 Å². The van der Waals surface area contributed by atoms with Crippen molar-refractivity contribution in [1.82, 2.24) is 5.32 Å². The topological polar surface area (TPSA) is 66.4 Å². The Kier molecular flexibility index (Phi) is 5.82. The molecule has 0 bridgehead atoms. The molecule has 0 aromatic carbocycles. The first kappa shape index (κ1) is 16.9. The Hall–Kier alpha value is -0.430. The van der Waals surface area contributed by atoms with Crippen molar-refractivity contribution in [3.8, 4) is 0 Å². The average Bonchev–Trinajstić information content (AvgIpc) is 2.91. The Labute approximate surface area is 131 Å². The molecule has 2 N–H and O–H groups in total. The molecule has 0 unspecified atom stereocenters. The maximum absolute atomic E-state index is 12.1. The highest BCUT2D eigenvalue weighted by molar-refractivity contribution is 7.93. The molecule has 6 heteroatoms. The molecular formula is C15H25NO3S2. The highest BCUT2D eigenvalue weighted by Gasteiger charge is 2.26. The molecule has 0 aliphatic heterocycles. The van der Waals surface area contributed by atoms with Gasteiger partial charge in [-0.25, -0.2) is 8.42 Å². The van der Waals surface area contributed by atoms with Crippen LogP contribution in [0.25, 0.3) is 0 Å². The number of sulfone groups is 1. The predicted octanol–water partition coefficient (Wildman–Crippen LogP) is 2.30. The fourth-order valence-corrected chi connectivity index (χ4v) is 5.57. The summed E-state index contributed by atoms with van der Waals surface area (Å²) < 4.78 is 24.5. The van der Waals surface area contributed by atoms with Crippen LogP contribution in [0.5, 0.6) is 0 Å². The molecule has 1 fully saturated rings. The number of hydrogen-bond acceptors (Lipinski definition) is 5. The molecule has 0 radical (unpaired) electrons. The maximum Gasteiger partial charge on any atom is 0.190 e. The summed E-state index contributed by atoms with van der Waals surface area (Å²) in [4.78, 5) is 0. The molecule has 0 spiro atoms. The van der Waals surface area contributed by atoms with E-state index in [1.165, 1.54) is 24.2 Å². The van der Waals surface area contributed by atoms with Crippen LogP contribution < -0.4 is 5.32 Å². The van der Waals surface area contributed by atoms with Crippen LogP contribution in [-0.4, -0.2) is 38.0 Å². The highest BCUT2D eigenvalue weighted by Crippen LogP contribution is 2.28. The van der Waals surface area contributed by atoms with Gasteiger partial charge < -0.3 is 10.4 Å². The van der Waals surface area contributed by atoms with Gasteiger partial charge in [-0.3, -0.25) is 0 Å². The summed E-state index contributed by atoms with van der Waals surface area (Å²) in [5, 5.41) is 15.1. The predicted molar refractivity (Wildman–Crippen MR) is 86.3 cm³/mol. The Balaban J connectivity index is 1.81. The van der Waals surface area contributed by atoms with Crippen LogP contribution in [0.4, 0.5) is 0 Å². The number of aliphatic hydroxyl groups is 1. The van der Waals surface area contributed by atoms with Gasteiger partial charge in [0.15, 0.2) is 9.84 Å². The first-order chi connectivity index (χ1) is 9.88. The molecule has 2 rings (SSSR count). The minimum atomic E-state index is -3.36. The third-order valence-electron chi connectivity index (χ3n) is 4.26. The van der Waals surface area contributed by atoms with Crippen molar-refractivity contribution in [3.63, 3.8) is 0 Å². The standard InChI is InChI=1S/C15H25NO3S2/c1-11-5-6-14(12(2)8-11)16-9-13(17)10-21(18,19)15-4-3-7-20-15/h3-4,7,11-14,16-17H,5-6,8-10H2,1-2H3/t11-,12+,13+,14+/m1/s1.